The topological polar surface area (TPSA) is 66.4 Å². The second kappa shape index (κ2) is 6.74. The number of aliphatic hydroxyl groups excluding tert-OH is 1. The van der Waals surface area contributed by atoms with Crippen LogP contribution < -0.4 is 4.72 Å². The third-order valence-corrected chi connectivity index (χ3v) is 4.73. The fourth-order valence-electron chi connectivity index (χ4n) is 2.11. The van der Waals surface area contributed by atoms with Gasteiger partial charge in [-0.3, -0.25) is 4.72 Å². The van der Waals surface area contributed by atoms with Crippen molar-refractivity contribution in [1.82, 2.24) is 0 Å². The van der Waals surface area contributed by atoms with Gasteiger partial charge in [0.1, 0.15) is 0 Å². The van der Waals surface area contributed by atoms with Crippen molar-refractivity contribution in [3.05, 3.63) is 65.7 Å². The summed E-state index contributed by atoms with van der Waals surface area (Å²) in [6, 6.07) is 16.3. The highest BCUT2D eigenvalue weighted by molar-refractivity contribution is 7.92. The number of nitrogens with one attached hydrogen (secondary N) is 1. The average Bonchev–Trinajstić information content (AvgIpc) is 2.48. The Bertz CT molecular complexity index is 666. The van der Waals surface area contributed by atoms with Gasteiger partial charge in [-0.1, -0.05) is 49.4 Å². The summed E-state index contributed by atoms with van der Waals surface area (Å²) in [6.45, 7) is 1.83. The zero-order valence-corrected chi connectivity index (χ0v) is 12.7. The van der Waals surface area contributed by atoms with Gasteiger partial charge in [0, 0.05) is 5.69 Å². The van der Waals surface area contributed by atoms with E-state index in [4.69, 9.17) is 5.11 Å². The predicted octanol–water partition coefficient (Wildman–Crippen LogP) is 2.72. The molecule has 2 rings (SSSR count). The van der Waals surface area contributed by atoms with E-state index in [1.165, 1.54) is 0 Å². The number of rotatable bonds is 6. The fourth-order valence-corrected chi connectivity index (χ4v) is 3.54. The third kappa shape index (κ3) is 4.58. The molecule has 0 fully saturated rings. The molecule has 0 bridgehead atoms. The molecule has 0 aliphatic carbocycles. The lowest BCUT2D eigenvalue weighted by Crippen LogP contribution is -2.20. The summed E-state index contributed by atoms with van der Waals surface area (Å²) >= 11 is 0. The molecule has 1 unspecified atom stereocenters. The van der Waals surface area contributed by atoms with E-state index in [1.54, 1.807) is 24.3 Å². The Hall–Kier alpha value is -1.85. The monoisotopic (exact) mass is 305 g/mol. The molecule has 112 valence electrons. The van der Waals surface area contributed by atoms with Crippen LogP contribution in [-0.4, -0.2) is 19.3 Å². The molecular weight excluding hydrogens is 286 g/mol. The van der Waals surface area contributed by atoms with E-state index in [-0.39, 0.29) is 18.3 Å². The molecule has 2 aromatic rings. The number of aliphatic hydroxyl groups is 1. The minimum absolute atomic E-state index is 0.0266. The van der Waals surface area contributed by atoms with Crippen LogP contribution in [0.3, 0.4) is 0 Å². The summed E-state index contributed by atoms with van der Waals surface area (Å²) in [5, 5.41) is 8.97. The summed E-state index contributed by atoms with van der Waals surface area (Å²) in [7, 11) is -3.41. The van der Waals surface area contributed by atoms with Crippen molar-refractivity contribution in [2.75, 3.05) is 10.5 Å². The maximum atomic E-state index is 12.2. The van der Waals surface area contributed by atoms with Crippen molar-refractivity contribution < 1.29 is 13.5 Å². The van der Waals surface area contributed by atoms with Crippen molar-refractivity contribution in [3.63, 3.8) is 0 Å². The molecule has 0 saturated heterocycles. The largest absolute Gasteiger partial charge is 0.392 e. The lowest BCUT2D eigenvalue weighted by Gasteiger charge is -2.14. The fraction of sp³-hybridized carbons (Fsp3) is 0.250. The Balaban J connectivity index is 2.04. The van der Waals surface area contributed by atoms with Crippen LogP contribution in [0.2, 0.25) is 0 Å². The van der Waals surface area contributed by atoms with E-state index >= 15 is 0 Å². The third-order valence-electron chi connectivity index (χ3n) is 3.25. The van der Waals surface area contributed by atoms with Gasteiger partial charge in [-0.2, -0.15) is 0 Å². The predicted molar refractivity (Wildman–Crippen MR) is 84.6 cm³/mol. The van der Waals surface area contributed by atoms with E-state index in [0.29, 0.717) is 5.69 Å². The van der Waals surface area contributed by atoms with Gasteiger partial charge in [-0.25, -0.2) is 8.42 Å². The van der Waals surface area contributed by atoms with Gasteiger partial charge in [0.05, 0.1) is 12.4 Å². The quantitative estimate of drug-likeness (QED) is 0.862. The van der Waals surface area contributed by atoms with Crippen LogP contribution >= 0.6 is 0 Å². The number of sulfonamides is 1. The van der Waals surface area contributed by atoms with E-state index in [2.05, 4.69) is 4.72 Å². The van der Waals surface area contributed by atoms with E-state index < -0.39 is 10.0 Å². The maximum Gasteiger partial charge on any atom is 0.233 e. The van der Waals surface area contributed by atoms with E-state index in [1.807, 2.05) is 37.3 Å². The molecule has 4 nitrogen and oxygen atoms in total. The Morgan fingerprint density at radius 3 is 2.24 bits per heavy atom. The number of anilines is 1. The Morgan fingerprint density at radius 1 is 1.05 bits per heavy atom. The van der Waals surface area contributed by atoms with Gasteiger partial charge in [-0.05, 0) is 29.2 Å². The first-order valence-corrected chi connectivity index (χ1v) is 8.40. The molecule has 2 aromatic carbocycles. The summed E-state index contributed by atoms with van der Waals surface area (Å²) in [4.78, 5) is 0. The average molecular weight is 305 g/mol. The Labute approximate surface area is 125 Å². The van der Waals surface area contributed by atoms with Crippen molar-refractivity contribution in [1.29, 1.82) is 0 Å². The molecule has 5 heteroatoms. The first-order chi connectivity index (χ1) is 10.00. The van der Waals surface area contributed by atoms with Crippen molar-refractivity contribution >= 4 is 15.7 Å². The van der Waals surface area contributed by atoms with Crippen molar-refractivity contribution in [3.8, 4) is 0 Å². The molecule has 0 radical (unpaired) electrons. The minimum atomic E-state index is -3.41. The Kier molecular flexibility index (Phi) is 4.98. The lowest BCUT2D eigenvalue weighted by molar-refractivity contribution is 0.282. The second-order valence-corrected chi connectivity index (χ2v) is 6.82. The first-order valence-electron chi connectivity index (χ1n) is 6.75. The highest BCUT2D eigenvalue weighted by Crippen LogP contribution is 2.19. The molecule has 0 aromatic heterocycles. The summed E-state index contributed by atoms with van der Waals surface area (Å²) in [5.74, 6) is -0.0564. The molecule has 0 heterocycles. The lowest BCUT2D eigenvalue weighted by atomic mass is 10.0. The molecule has 0 amide bonds. The molecule has 21 heavy (non-hydrogen) atoms. The Morgan fingerprint density at radius 2 is 1.67 bits per heavy atom. The van der Waals surface area contributed by atoms with Crippen molar-refractivity contribution in [2.45, 2.75) is 19.4 Å². The highest BCUT2D eigenvalue weighted by Gasteiger charge is 2.17. The van der Waals surface area contributed by atoms with Crippen LogP contribution in [0, 0.1) is 0 Å². The van der Waals surface area contributed by atoms with Gasteiger partial charge in [-0.15, -0.1) is 0 Å². The van der Waals surface area contributed by atoms with Gasteiger partial charge in [0.15, 0.2) is 0 Å². The number of hydrogen-bond acceptors (Lipinski definition) is 3. The first kappa shape index (κ1) is 15.5. The molecule has 0 aliphatic rings. The molecule has 0 saturated carbocycles. The maximum absolute atomic E-state index is 12.2. The zero-order valence-electron chi connectivity index (χ0n) is 11.9. The highest BCUT2D eigenvalue weighted by atomic mass is 32.2. The van der Waals surface area contributed by atoms with Crippen LogP contribution in [0.4, 0.5) is 5.69 Å². The van der Waals surface area contributed by atoms with Gasteiger partial charge in [0.2, 0.25) is 10.0 Å². The van der Waals surface area contributed by atoms with E-state index in [9.17, 15) is 8.42 Å². The molecule has 0 spiro atoms. The van der Waals surface area contributed by atoms with Gasteiger partial charge >= 0.3 is 0 Å². The summed E-state index contributed by atoms with van der Waals surface area (Å²) in [5.41, 5.74) is 2.25. The smallest absolute Gasteiger partial charge is 0.233 e. The number of hydrogen-bond donors (Lipinski definition) is 2. The van der Waals surface area contributed by atoms with Crippen LogP contribution in [0.1, 0.15) is 24.0 Å². The van der Waals surface area contributed by atoms with Crippen LogP contribution in [0.25, 0.3) is 0 Å². The molecule has 2 N–H and O–H groups in total. The zero-order chi connectivity index (χ0) is 15.3. The normalized spacial score (nSPS) is 12.9. The SMILES string of the molecule is CC(CS(=O)(=O)Nc1ccc(CO)cc1)c1ccccc1. The van der Waals surface area contributed by atoms with Crippen molar-refractivity contribution in [2.24, 2.45) is 0 Å². The molecule has 0 aliphatic heterocycles. The van der Waals surface area contributed by atoms with Crippen LogP contribution in [-0.2, 0) is 16.6 Å². The summed E-state index contributed by atoms with van der Waals surface area (Å²) in [6.07, 6.45) is 0. The molecule has 1 atom stereocenters. The number of benzene rings is 2. The van der Waals surface area contributed by atoms with Gasteiger partial charge in [0.25, 0.3) is 0 Å². The summed E-state index contributed by atoms with van der Waals surface area (Å²) < 4.78 is 26.9. The van der Waals surface area contributed by atoms with Crippen LogP contribution in [0.5, 0.6) is 0 Å². The van der Waals surface area contributed by atoms with Gasteiger partial charge < -0.3 is 5.11 Å². The second-order valence-electron chi connectivity index (χ2n) is 5.05. The minimum Gasteiger partial charge on any atom is -0.392 e. The molecular formula is C16H19NO3S. The standard InChI is InChI=1S/C16H19NO3S/c1-13(15-5-3-2-4-6-15)12-21(19,20)17-16-9-7-14(11-18)8-10-16/h2-10,13,17-18H,11-12H2,1H3. The van der Waals surface area contributed by atoms with E-state index in [0.717, 1.165) is 11.1 Å². The van der Waals surface area contributed by atoms with Crippen LogP contribution in [0.15, 0.2) is 54.6 Å².